The second kappa shape index (κ2) is 9.20. The predicted octanol–water partition coefficient (Wildman–Crippen LogP) is 3.06. The normalized spacial score (nSPS) is 10.6. The summed E-state index contributed by atoms with van der Waals surface area (Å²) in [5.74, 6) is 0.708. The van der Waals surface area contributed by atoms with Gasteiger partial charge in [0.1, 0.15) is 5.82 Å². The van der Waals surface area contributed by atoms with Crippen LogP contribution in [0.5, 0.6) is 5.88 Å². The standard InChI is InChI=1S/C20H21ClN6O2/c1-12-14(4-2-5-15(12)21)16-10-17(27-20(23)26-16)24-8-3-9-29-18-7-6-13(11-25-18)19(22)28/h2,4-7,10-11H,3,8-9H2,1H3,(H2,22,28)(H3,23,24,26,27). The van der Waals surface area contributed by atoms with Crippen molar-refractivity contribution >= 4 is 29.3 Å². The number of pyridine rings is 1. The molecular formula is C20H21ClN6O2. The summed E-state index contributed by atoms with van der Waals surface area (Å²) >= 11 is 6.20. The number of halogens is 1. The van der Waals surface area contributed by atoms with Gasteiger partial charge in [-0.1, -0.05) is 23.7 Å². The summed E-state index contributed by atoms with van der Waals surface area (Å²) in [5.41, 5.74) is 13.9. The summed E-state index contributed by atoms with van der Waals surface area (Å²) in [4.78, 5) is 23.6. The van der Waals surface area contributed by atoms with Gasteiger partial charge in [0.15, 0.2) is 0 Å². The lowest BCUT2D eigenvalue weighted by molar-refractivity contribution is 0.1000. The smallest absolute Gasteiger partial charge is 0.250 e. The number of nitrogens with zero attached hydrogens (tertiary/aromatic N) is 3. The quantitative estimate of drug-likeness (QED) is 0.485. The molecule has 9 heteroatoms. The van der Waals surface area contributed by atoms with Crippen LogP contribution in [0.2, 0.25) is 5.02 Å². The van der Waals surface area contributed by atoms with Gasteiger partial charge in [0.2, 0.25) is 17.7 Å². The van der Waals surface area contributed by atoms with Gasteiger partial charge >= 0.3 is 0 Å². The molecule has 29 heavy (non-hydrogen) atoms. The second-order valence-electron chi connectivity index (χ2n) is 6.29. The van der Waals surface area contributed by atoms with Crippen LogP contribution in [0.1, 0.15) is 22.3 Å². The van der Waals surface area contributed by atoms with E-state index < -0.39 is 5.91 Å². The zero-order valence-corrected chi connectivity index (χ0v) is 16.6. The number of primary amides is 1. The van der Waals surface area contributed by atoms with E-state index in [9.17, 15) is 4.79 Å². The van der Waals surface area contributed by atoms with Gasteiger partial charge < -0.3 is 21.5 Å². The zero-order chi connectivity index (χ0) is 20.8. The minimum Gasteiger partial charge on any atom is -0.478 e. The SMILES string of the molecule is Cc1c(Cl)cccc1-c1cc(NCCCOc2ccc(C(N)=O)cn2)nc(N)n1. The number of anilines is 2. The van der Waals surface area contributed by atoms with Gasteiger partial charge in [-0.3, -0.25) is 4.79 Å². The summed E-state index contributed by atoms with van der Waals surface area (Å²) in [5, 5.41) is 3.88. The van der Waals surface area contributed by atoms with Crippen molar-refractivity contribution in [3.8, 4) is 17.1 Å². The summed E-state index contributed by atoms with van der Waals surface area (Å²) in [6, 6.07) is 10.7. The number of ether oxygens (including phenoxy) is 1. The molecule has 0 bridgehead atoms. The zero-order valence-electron chi connectivity index (χ0n) is 15.9. The molecule has 3 aromatic rings. The third kappa shape index (κ3) is 5.32. The molecule has 150 valence electrons. The topological polar surface area (TPSA) is 129 Å². The van der Waals surface area contributed by atoms with Crippen LogP contribution in [0, 0.1) is 6.92 Å². The van der Waals surface area contributed by atoms with E-state index in [0.29, 0.717) is 47.6 Å². The number of nitrogen functional groups attached to an aromatic ring is 1. The van der Waals surface area contributed by atoms with Gasteiger partial charge in [0.25, 0.3) is 0 Å². The third-order valence-electron chi connectivity index (χ3n) is 4.19. The molecule has 0 saturated heterocycles. The average Bonchev–Trinajstić information content (AvgIpc) is 2.69. The molecular weight excluding hydrogens is 392 g/mol. The molecule has 8 nitrogen and oxygen atoms in total. The Kier molecular flexibility index (Phi) is 6.46. The first-order valence-corrected chi connectivity index (χ1v) is 9.34. The molecule has 0 aliphatic carbocycles. The molecule has 2 aromatic heterocycles. The first-order chi connectivity index (χ1) is 13.9. The highest BCUT2D eigenvalue weighted by atomic mass is 35.5. The molecule has 0 aliphatic heterocycles. The van der Waals surface area contributed by atoms with Crippen molar-refractivity contribution in [1.29, 1.82) is 0 Å². The summed E-state index contributed by atoms with van der Waals surface area (Å²) in [6.07, 6.45) is 2.09. The van der Waals surface area contributed by atoms with E-state index >= 15 is 0 Å². The van der Waals surface area contributed by atoms with E-state index in [-0.39, 0.29) is 5.95 Å². The maximum Gasteiger partial charge on any atom is 0.250 e. The molecule has 0 saturated carbocycles. The second-order valence-corrected chi connectivity index (χ2v) is 6.69. The van der Waals surface area contributed by atoms with E-state index in [0.717, 1.165) is 11.1 Å². The minimum absolute atomic E-state index is 0.180. The largest absolute Gasteiger partial charge is 0.478 e. The van der Waals surface area contributed by atoms with Crippen molar-refractivity contribution in [2.45, 2.75) is 13.3 Å². The fourth-order valence-electron chi connectivity index (χ4n) is 2.66. The maximum atomic E-state index is 11.0. The fraction of sp³-hybridized carbons (Fsp3) is 0.200. The Morgan fingerprint density at radius 2 is 2.07 bits per heavy atom. The first kappa shape index (κ1) is 20.3. The molecule has 0 radical (unpaired) electrons. The predicted molar refractivity (Wildman–Crippen MR) is 113 cm³/mol. The van der Waals surface area contributed by atoms with Crippen molar-refractivity contribution in [1.82, 2.24) is 15.0 Å². The lowest BCUT2D eigenvalue weighted by Gasteiger charge is -2.11. The number of hydrogen-bond donors (Lipinski definition) is 3. The van der Waals surface area contributed by atoms with E-state index in [1.807, 2.05) is 31.2 Å². The van der Waals surface area contributed by atoms with Crippen LogP contribution in [0.15, 0.2) is 42.6 Å². The van der Waals surface area contributed by atoms with Crippen molar-refractivity contribution in [2.75, 3.05) is 24.2 Å². The maximum absolute atomic E-state index is 11.0. The molecule has 3 rings (SSSR count). The molecule has 1 aromatic carbocycles. The van der Waals surface area contributed by atoms with Crippen LogP contribution in [-0.2, 0) is 0 Å². The van der Waals surface area contributed by atoms with Crippen LogP contribution in [0.25, 0.3) is 11.3 Å². The highest BCUT2D eigenvalue weighted by Gasteiger charge is 2.09. The number of benzene rings is 1. The van der Waals surface area contributed by atoms with Gasteiger partial charge in [0.05, 0.1) is 17.9 Å². The Labute approximate surface area is 173 Å². The van der Waals surface area contributed by atoms with Crippen molar-refractivity contribution in [3.05, 3.63) is 58.7 Å². The molecule has 0 unspecified atom stereocenters. The van der Waals surface area contributed by atoms with E-state index in [4.69, 9.17) is 27.8 Å². The Bertz CT molecular complexity index is 1010. The highest BCUT2D eigenvalue weighted by molar-refractivity contribution is 6.31. The van der Waals surface area contributed by atoms with Gasteiger partial charge in [0, 0.05) is 35.5 Å². The Morgan fingerprint density at radius 3 is 2.79 bits per heavy atom. The molecule has 5 N–H and O–H groups in total. The third-order valence-corrected chi connectivity index (χ3v) is 4.59. The Balaban J connectivity index is 1.55. The summed E-state index contributed by atoms with van der Waals surface area (Å²) < 4.78 is 5.55. The number of hydrogen-bond acceptors (Lipinski definition) is 7. The van der Waals surface area contributed by atoms with Crippen LogP contribution in [0.3, 0.4) is 0 Å². The van der Waals surface area contributed by atoms with Crippen LogP contribution in [-0.4, -0.2) is 34.0 Å². The first-order valence-electron chi connectivity index (χ1n) is 8.96. The fourth-order valence-corrected chi connectivity index (χ4v) is 2.83. The van der Waals surface area contributed by atoms with Gasteiger partial charge in [-0.25, -0.2) is 9.97 Å². The van der Waals surface area contributed by atoms with Crippen LogP contribution >= 0.6 is 11.6 Å². The number of aromatic nitrogens is 3. The number of amides is 1. The van der Waals surface area contributed by atoms with Gasteiger partial charge in [-0.15, -0.1) is 0 Å². The van der Waals surface area contributed by atoms with E-state index in [2.05, 4.69) is 20.3 Å². The van der Waals surface area contributed by atoms with Crippen molar-refractivity contribution in [3.63, 3.8) is 0 Å². The van der Waals surface area contributed by atoms with E-state index in [1.54, 1.807) is 12.1 Å². The molecule has 0 fully saturated rings. The van der Waals surface area contributed by atoms with Crippen molar-refractivity contribution in [2.24, 2.45) is 5.73 Å². The Morgan fingerprint density at radius 1 is 1.24 bits per heavy atom. The number of rotatable bonds is 8. The molecule has 0 spiro atoms. The van der Waals surface area contributed by atoms with Crippen molar-refractivity contribution < 1.29 is 9.53 Å². The number of carbonyl (C=O) groups is 1. The molecule has 2 heterocycles. The average molecular weight is 413 g/mol. The van der Waals surface area contributed by atoms with Gasteiger partial charge in [-0.2, -0.15) is 4.98 Å². The lowest BCUT2D eigenvalue weighted by atomic mass is 10.1. The number of nitrogens with one attached hydrogen (secondary N) is 1. The summed E-state index contributed by atoms with van der Waals surface area (Å²) in [6.45, 7) is 2.99. The lowest BCUT2D eigenvalue weighted by Crippen LogP contribution is -2.12. The monoisotopic (exact) mass is 412 g/mol. The highest BCUT2D eigenvalue weighted by Crippen LogP contribution is 2.28. The summed E-state index contributed by atoms with van der Waals surface area (Å²) in [7, 11) is 0. The molecule has 1 amide bonds. The number of nitrogens with two attached hydrogens (primary N) is 2. The number of carbonyl (C=O) groups excluding carboxylic acids is 1. The Hall–Kier alpha value is -3.39. The molecule has 0 aliphatic rings. The van der Waals surface area contributed by atoms with Gasteiger partial charge in [-0.05, 0) is 31.0 Å². The van der Waals surface area contributed by atoms with E-state index in [1.165, 1.54) is 6.20 Å². The molecule has 0 atom stereocenters. The minimum atomic E-state index is -0.523. The van der Waals surface area contributed by atoms with Crippen LogP contribution in [0.4, 0.5) is 11.8 Å². The van der Waals surface area contributed by atoms with Crippen LogP contribution < -0.4 is 21.5 Å².